The van der Waals surface area contributed by atoms with Gasteiger partial charge in [-0.3, -0.25) is 9.78 Å². The first-order chi connectivity index (χ1) is 16.8. The number of pyridine rings is 1. The van der Waals surface area contributed by atoms with Crippen LogP contribution in [0.5, 0.6) is 0 Å². The van der Waals surface area contributed by atoms with Crippen molar-refractivity contribution >= 4 is 32.4 Å². The summed E-state index contributed by atoms with van der Waals surface area (Å²) in [6.07, 6.45) is 3.47. The van der Waals surface area contributed by atoms with E-state index in [0.29, 0.717) is 33.9 Å². The van der Waals surface area contributed by atoms with Gasteiger partial charge in [0.25, 0.3) is 5.91 Å². The predicted octanol–water partition coefficient (Wildman–Crippen LogP) is 4.30. The molecule has 9 heteroatoms. The zero-order chi connectivity index (χ0) is 24.6. The number of benzene rings is 3. The Hall–Kier alpha value is -4.34. The molecule has 2 aromatic heterocycles. The first kappa shape index (κ1) is 22.5. The summed E-state index contributed by atoms with van der Waals surface area (Å²) in [5.74, 6) is -0.308. The molecule has 0 bridgehead atoms. The largest absolute Gasteiger partial charge is 0.321 e. The minimum Gasteiger partial charge on any atom is -0.321 e. The van der Waals surface area contributed by atoms with Crippen LogP contribution in [0.2, 0.25) is 0 Å². The second-order valence-electron chi connectivity index (χ2n) is 8.06. The van der Waals surface area contributed by atoms with Gasteiger partial charge < -0.3 is 5.32 Å². The number of primary sulfonamides is 1. The number of hydrogen-bond acceptors (Lipinski definition) is 5. The third kappa shape index (κ3) is 4.54. The van der Waals surface area contributed by atoms with E-state index in [9.17, 15) is 13.2 Å². The van der Waals surface area contributed by atoms with Crippen LogP contribution in [-0.4, -0.2) is 29.1 Å². The Morgan fingerprint density at radius 2 is 1.71 bits per heavy atom. The molecule has 0 aliphatic rings. The quantitative estimate of drug-likeness (QED) is 0.386. The van der Waals surface area contributed by atoms with Gasteiger partial charge in [-0.25, -0.2) is 18.2 Å². The van der Waals surface area contributed by atoms with E-state index in [4.69, 9.17) is 5.14 Å². The lowest BCUT2D eigenvalue weighted by Crippen LogP contribution is -2.17. The normalized spacial score (nSPS) is 11.5. The highest BCUT2D eigenvalue weighted by Crippen LogP contribution is 2.28. The lowest BCUT2D eigenvalue weighted by Gasteiger charge is -2.11. The highest BCUT2D eigenvalue weighted by Gasteiger charge is 2.18. The number of nitrogens with zero attached hydrogens (tertiary/aromatic N) is 3. The summed E-state index contributed by atoms with van der Waals surface area (Å²) in [5, 5.41) is 14.7. The Balaban J connectivity index is 1.46. The summed E-state index contributed by atoms with van der Waals surface area (Å²) in [6.45, 7) is 1.81. The van der Waals surface area contributed by atoms with Gasteiger partial charge in [0.1, 0.15) is 5.69 Å². The molecule has 1 amide bonds. The molecule has 174 valence electrons. The third-order valence-corrected chi connectivity index (χ3v) is 6.55. The van der Waals surface area contributed by atoms with Gasteiger partial charge in [0, 0.05) is 29.0 Å². The average molecular weight is 484 g/mol. The van der Waals surface area contributed by atoms with Gasteiger partial charge in [-0.1, -0.05) is 36.4 Å². The number of hydrogen-bond donors (Lipinski definition) is 2. The SMILES string of the molecule is Cc1cc(C(=O)Nc2ccc3ccncc3c2)n(-c2ccc(-c3ccccc3S(N)(=O)=O)cc2)n1. The van der Waals surface area contributed by atoms with E-state index in [-0.39, 0.29) is 10.8 Å². The zero-order valence-corrected chi connectivity index (χ0v) is 19.5. The van der Waals surface area contributed by atoms with Crippen molar-refractivity contribution in [3.8, 4) is 16.8 Å². The molecule has 3 aromatic carbocycles. The van der Waals surface area contributed by atoms with E-state index in [1.807, 2.05) is 31.2 Å². The van der Waals surface area contributed by atoms with Crippen LogP contribution in [0.15, 0.2) is 96.2 Å². The Morgan fingerprint density at radius 3 is 2.49 bits per heavy atom. The van der Waals surface area contributed by atoms with Crippen molar-refractivity contribution in [2.24, 2.45) is 5.14 Å². The molecule has 8 nitrogen and oxygen atoms in total. The fourth-order valence-corrected chi connectivity index (χ4v) is 4.71. The molecule has 0 fully saturated rings. The zero-order valence-electron chi connectivity index (χ0n) is 18.7. The minimum absolute atomic E-state index is 0.0494. The van der Waals surface area contributed by atoms with Crippen molar-refractivity contribution in [1.82, 2.24) is 14.8 Å². The summed E-state index contributed by atoms with van der Waals surface area (Å²) in [4.78, 5) is 17.3. The Morgan fingerprint density at radius 1 is 0.943 bits per heavy atom. The number of rotatable bonds is 5. The highest BCUT2D eigenvalue weighted by atomic mass is 32.2. The maximum atomic E-state index is 13.1. The summed E-state index contributed by atoms with van der Waals surface area (Å²) in [5.41, 5.74) is 3.53. The fourth-order valence-electron chi connectivity index (χ4n) is 3.95. The molecule has 5 rings (SSSR count). The van der Waals surface area contributed by atoms with E-state index >= 15 is 0 Å². The number of aryl methyl sites for hydroxylation is 1. The first-order valence-electron chi connectivity index (χ1n) is 10.7. The molecule has 0 radical (unpaired) electrons. The number of anilines is 1. The van der Waals surface area contributed by atoms with E-state index in [1.165, 1.54) is 6.07 Å². The van der Waals surface area contributed by atoms with Gasteiger partial charge in [-0.05, 0) is 60.3 Å². The Bertz CT molecular complexity index is 1680. The standard InChI is InChI=1S/C26H21N5O3S/c1-17-14-24(26(32)29-21-9-6-18-12-13-28-16-20(18)15-21)31(30-17)22-10-7-19(8-11-22)23-4-2-3-5-25(23)35(27,33)34/h2-16H,1H3,(H,29,32)(H2,27,33,34). The molecular formula is C26H21N5O3S. The molecule has 35 heavy (non-hydrogen) atoms. The van der Waals surface area contributed by atoms with E-state index < -0.39 is 10.0 Å². The van der Waals surface area contributed by atoms with Crippen LogP contribution < -0.4 is 10.5 Å². The Kier molecular flexibility index (Phi) is 5.64. The van der Waals surface area contributed by atoms with Crippen molar-refractivity contribution in [2.45, 2.75) is 11.8 Å². The highest BCUT2D eigenvalue weighted by molar-refractivity contribution is 7.89. The number of fused-ring (bicyclic) bond motifs is 1. The van der Waals surface area contributed by atoms with Crippen molar-refractivity contribution < 1.29 is 13.2 Å². The summed E-state index contributed by atoms with van der Waals surface area (Å²) >= 11 is 0. The van der Waals surface area contributed by atoms with Crippen molar-refractivity contribution in [2.75, 3.05) is 5.32 Å². The van der Waals surface area contributed by atoms with Gasteiger partial charge in [-0.15, -0.1) is 0 Å². The fraction of sp³-hybridized carbons (Fsp3) is 0.0385. The van der Waals surface area contributed by atoms with E-state index in [0.717, 1.165) is 10.8 Å². The second-order valence-corrected chi connectivity index (χ2v) is 9.59. The number of carbonyl (C=O) groups is 1. The van der Waals surface area contributed by atoms with E-state index in [1.54, 1.807) is 65.6 Å². The molecule has 0 saturated heterocycles. The van der Waals surface area contributed by atoms with Crippen LogP contribution in [0, 0.1) is 6.92 Å². The number of amides is 1. The van der Waals surface area contributed by atoms with Gasteiger partial charge in [0.05, 0.1) is 16.3 Å². The molecule has 3 N–H and O–H groups in total. The average Bonchev–Trinajstić information content (AvgIpc) is 3.25. The lowest BCUT2D eigenvalue weighted by atomic mass is 10.1. The minimum atomic E-state index is -3.88. The molecule has 2 heterocycles. The first-order valence-corrected chi connectivity index (χ1v) is 12.3. The van der Waals surface area contributed by atoms with Crippen LogP contribution in [0.1, 0.15) is 16.2 Å². The summed E-state index contributed by atoms with van der Waals surface area (Å²) < 4.78 is 25.5. The van der Waals surface area contributed by atoms with Gasteiger partial charge in [0.15, 0.2) is 0 Å². The van der Waals surface area contributed by atoms with E-state index in [2.05, 4.69) is 15.4 Å². The molecule has 0 spiro atoms. The maximum absolute atomic E-state index is 13.1. The second kappa shape index (κ2) is 8.79. The summed E-state index contributed by atoms with van der Waals surface area (Å²) in [7, 11) is -3.88. The third-order valence-electron chi connectivity index (χ3n) is 5.58. The molecule has 0 saturated carbocycles. The molecule has 0 aliphatic carbocycles. The predicted molar refractivity (Wildman–Crippen MR) is 135 cm³/mol. The molecule has 0 unspecified atom stereocenters. The van der Waals surface area contributed by atoms with Crippen LogP contribution in [-0.2, 0) is 10.0 Å². The van der Waals surface area contributed by atoms with Gasteiger partial charge in [-0.2, -0.15) is 5.10 Å². The monoisotopic (exact) mass is 483 g/mol. The van der Waals surface area contributed by atoms with Crippen molar-refractivity contribution in [3.63, 3.8) is 0 Å². The molecular weight excluding hydrogens is 462 g/mol. The maximum Gasteiger partial charge on any atom is 0.274 e. The molecule has 0 atom stereocenters. The van der Waals surface area contributed by atoms with Gasteiger partial charge in [0.2, 0.25) is 10.0 Å². The molecule has 5 aromatic rings. The van der Waals surface area contributed by atoms with Crippen LogP contribution in [0.25, 0.3) is 27.6 Å². The van der Waals surface area contributed by atoms with Crippen molar-refractivity contribution in [1.29, 1.82) is 0 Å². The smallest absolute Gasteiger partial charge is 0.274 e. The van der Waals surface area contributed by atoms with Gasteiger partial charge >= 0.3 is 0 Å². The van der Waals surface area contributed by atoms with Crippen molar-refractivity contribution in [3.05, 3.63) is 103 Å². The Labute approximate surface area is 202 Å². The number of nitrogens with two attached hydrogens (primary N) is 1. The number of nitrogens with one attached hydrogen (secondary N) is 1. The van der Waals surface area contributed by atoms with Crippen LogP contribution in [0.4, 0.5) is 5.69 Å². The molecule has 0 aliphatic heterocycles. The number of carbonyl (C=O) groups excluding carboxylic acids is 1. The number of aromatic nitrogens is 3. The number of sulfonamides is 1. The van der Waals surface area contributed by atoms with Crippen LogP contribution in [0.3, 0.4) is 0 Å². The summed E-state index contributed by atoms with van der Waals surface area (Å²) in [6, 6.07) is 22.9. The lowest BCUT2D eigenvalue weighted by molar-refractivity contribution is 0.101. The van der Waals surface area contributed by atoms with Crippen LogP contribution >= 0.6 is 0 Å². The topological polar surface area (TPSA) is 120 Å².